The van der Waals surface area contributed by atoms with Crippen LogP contribution in [0.3, 0.4) is 0 Å². The molecule has 0 aliphatic rings. The lowest BCUT2D eigenvalue weighted by atomic mass is 10.1. The van der Waals surface area contributed by atoms with Crippen molar-refractivity contribution in [3.63, 3.8) is 0 Å². The van der Waals surface area contributed by atoms with E-state index in [1.165, 1.54) is 12.3 Å². The Morgan fingerprint density at radius 1 is 1.08 bits per heavy atom. The highest BCUT2D eigenvalue weighted by atomic mass is 32.2. The van der Waals surface area contributed by atoms with Gasteiger partial charge >= 0.3 is 0 Å². The maximum atomic E-state index is 12.4. The monoisotopic (exact) mass is 356 g/mol. The third-order valence-corrected chi connectivity index (χ3v) is 5.35. The van der Waals surface area contributed by atoms with E-state index in [4.69, 9.17) is 0 Å². The predicted molar refractivity (Wildman–Crippen MR) is 96.0 cm³/mol. The molecule has 1 N–H and O–H groups in total. The number of sulfonamides is 1. The van der Waals surface area contributed by atoms with Crippen LogP contribution >= 0.6 is 0 Å². The van der Waals surface area contributed by atoms with Gasteiger partial charge in [-0.05, 0) is 56.7 Å². The number of nitrogens with zero attached hydrogens (tertiary/aromatic N) is 3. The number of pyridine rings is 1. The smallest absolute Gasteiger partial charge is 0.243 e. The Morgan fingerprint density at radius 3 is 2.36 bits per heavy atom. The van der Waals surface area contributed by atoms with Gasteiger partial charge in [0, 0.05) is 17.9 Å². The second-order valence-corrected chi connectivity index (χ2v) is 7.60. The van der Waals surface area contributed by atoms with E-state index in [1.54, 1.807) is 19.1 Å². The molecule has 2 aromatic heterocycles. The summed E-state index contributed by atoms with van der Waals surface area (Å²) >= 11 is 0. The fourth-order valence-electron chi connectivity index (χ4n) is 2.66. The van der Waals surface area contributed by atoms with Gasteiger partial charge in [-0.2, -0.15) is 5.10 Å². The third-order valence-electron chi connectivity index (χ3n) is 3.89. The summed E-state index contributed by atoms with van der Waals surface area (Å²) in [5, 5.41) is 4.47. The molecule has 1 atom stereocenters. The molecule has 0 aliphatic heterocycles. The lowest BCUT2D eigenvalue weighted by Crippen LogP contribution is -2.27. The van der Waals surface area contributed by atoms with E-state index in [0.29, 0.717) is 0 Å². The minimum atomic E-state index is -3.65. The molecule has 130 valence electrons. The van der Waals surface area contributed by atoms with Gasteiger partial charge in [0.2, 0.25) is 0 Å². The van der Waals surface area contributed by atoms with E-state index in [-0.39, 0.29) is 11.1 Å². The van der Waals surface area contributed by atoms with Crippen LogP contribution in [0.2, 0.25) is 0 Å². The summed E-state index contributed by atoms with van der Waals surface area (Å²) in [7, 11) is -3.65. The second-order valence-electron chi connectivity index (χ2n) is 5.94. The summed E-state index contributed by atoms with van der Waals surface area (Å²) in [5.41, 5.74) is 3.81. The number of nitrogens with one attached hydrogen (secondary N) is 1. The van der Waals surface area contributed by atoms with Crippen LogP contribution in [0.25, 0.3) is 5.69 Å². The molecule has 25 heavy (non-hydrogen) atoms. The quantitative estimate of drug-likeness (QED) is 0.762. The van der Waals surface area contributed by atoms with Gasteiger partial charge in [0.15, 0.2) is 5.03 Å². The van der Waals surface area contributed by atoms with E-state index in [2.05, 4.69) is 14.8 Å². The van der Waals surface area contributed by atoms with Crippen LogP contribution < -0.4 is 4.72 Å². The SMILES string of the molecule is Cc1cc(C)n(-c2ccc(C(C)NS(=O)(=O)c3ccccn3)cc2)n1. The van der Waals surface area contributed by atoms with E-state index in [1.807, 2.05) is 48.9 Å². The van der Waals surface area contributed by atoms with Crippen LogP contribution in [-0.4, -0.2) is 23.2 Å². The van der Waals surface area contributed by atoms with Crippen LogP contribution in [0, 0.1) is 13.8 Å². The highest BCUT2D eigenvalue weighted by Gasteiger charge is 2.19. The van der Waals surface area contributed by atoms with Crippen molar-refractivity contribution in [1.82, 2.24) is 19.5 Å². The summed E-state index contributed by atoms with van der Waals surface area (Å²) in [5.74, 6) is 0. The Labute approximate surface area is 147 Å². The summed E-state index contributed by atoms with van der Waals surface area (Å²) < 4.78 is 29.2. The van der Waals surface area contributed by atoms with Crippen LogP contribution in [0.1, 0.15) is 29.9 Å². The van der Waals surface area contributed by atoms with Crippen molar-refractivity contribution >= 4 is 10.0 Å². The molecule has 3 rings (SSSR count). The van der Waals surface area contributed by atoms with Crippen molar-refractivity contribution in [2.75, 3.05) is 0 Å². The first-order chi connectivity index (χ1) is 11.9. The summed E-state index contributed by atoms with van der Waals surface area (Å²) in [6.07, 6.45) is 1.46. The standard InChI is InChI=1S/C18H20N4O2S/c1-13-12-14(2)22(20-13)17-9-7-16(8-10-17)15(3)21-25(23,24)18-6-4-5-11-19-18/h4-12,15,21H,1-3H3. The summed E-state index contributed by atoms with van der Waals surface area (Å²) in [6.45, 7) is 5.75. The van der Waals surface area contributed by atoms with Gasteiger partial charge in [0.25, 0.3) is 10.0 Å². The van der Waals surface area contributed by atoms with Gasteiger partial charge in [-0.3, -0.25) is 0 Å². The van der Waals surface area contributed by atoms with E-state index < -0.39 is 10.0 Å². The van der Waals surface area contributed by atoms with Crippen molar-refractivity contribution in [1.29, 1.82) is 0 Å². The highest BCUT2D eigenvalue weighted by Crippen LogP contribution is 2.19. The fourth-order valence-corrected chi connectivity index (χ4v) is 3.84. The fraction of sp³-hybridized carbons (Fsp3) is 0.222. The molecule has 0 fully saturated rings. The summed E-state index contributed by atoms with van der Waals surface area (Å²) in [6, 6.07) is 14.1. The van der Waals surface area contributed by atoms with Gasteiger partial charge in [-0.15, -0.1) is 0 Å². The zero-order valence-corrected chi connectivity index (χ0v) is 15.2. The Morgan fingerprint density at radius 2 is 1.80 bits per heavy atom. The first kappa shape index (κ1) is 17.3. The first-order valence-corrected chi connectivity index (χ1v) is 9.42. The highest BCUT2D eigenvalue weighted by molar-refractivity contribution is 7.89. The van der Waals surface area contributed by atoms with Gasteiger partial charge in [-0.25, -0.2) is 22.8 Å². The molecule has 2 heterocycles. The van der Waals surface area contributed by atoms with Gasteiger partial charge in [0.05, 0.1) is 11.4 Å². The molecule has 1 unspecified atom stereocenters. The molecule has 0 spiro atoms. The lowest BCUT2D eigenvalue weighted by molar-refractivity contribution is 0.563. The molecular weight excluding hydrogens is 336 g/mol. The molecular formula is C18H20N4O2S. The molecule has 7 heteroatoms. The molecule has 0 saturated carbocycles. The van der Waals surface area contributed by atoms with E-state index in [0.717, 1.165) is 22.6 Å². The number of aromatic nitrogens is 3. The zero-order valence-electron chi connectivity index (χ0n) is 14.3. The zero-order chi connectivity index (χ0) is 18.0. The first-order valence-electron chi connectivity index (χ1n) is 7.94. The van der Waals surface area contributed by atoms with Crippen LogP contribution in [-0.2, 0) is 10.0 Å². The van der Waals surface area contributed by atoms with E-state index >= 15 is 0 Å². The lowest BCUT2D eigenvalue weighted by Gasteiger charge is -2.15. The Hall–Kier alpha value is -2.51. The van der Waals surface area contributed by atoms with Crippen molar-refractivity contribution < 1.29 is 8.42 Å². The maximum absolute atomic E-state index is 12.4. The molecule has 0 amide bonds. The van der Waals surface area contributed by atoms with Crippen LogP contribution in [0.5, 0.6) is 0 Å². The van der Waals surface area contributed by atoms with Crippen LogP contribution in [0.4, 0.5) is 0 Å². The molecule has 0 bridgehead atoms. The molecule has 6 nitrogen and oxygen atoms in total. The topological polar surface area (TPSA) is 76.9 Å². The van der Waals surface area contributed by atoms with E-state index in [9.17, 15) is 8.42 Å². The minimum absolute atomic E-state index is 0.0149. The number of hydrogen-bond donors (Lipinski definition) is 1. The normalized spacial score (nSPS) is 12.9. The largest absolute Gasteiger partial charge is 0.258 e. The van der Waals surface area contributed by atoms with Crippen LogP contribution in [0.15, 0.2) is 59.8 Å². The van der Waals surface area contributed by atoms with Crippen molar-refractivity contribution in [2.45, 2.75) is 31.8 Å². The molecule has 3 aromatic rings. The maximum Gasteiger partial charge on any atom is 0.258 e. The van der Waals surface area contributed by atoms with Gasteiger partial charge in [-0.1, -0.05) is 18.2 Å². The summed E-state index contributed by atoms with van der Waals surface area (Å²) in [4.78, 5) is 3.90. The Kier molecular flexibility index (Phi) is 4.69. The minimum Gasteiger partial charge on any atom is -0.243 e. The number of rotatable bonds is 5. The second kappa shape index (κ2) is 6.78. The van der Waals surface area contributed by atoms with Crippen molar-refractivity contribution in [3.05, 3.63) is 71.7 Å². The Balaban J connectivity index is 1.79. The molecule has 0 radical (unpaired) electrons. The molecule has 0 saturated heterocycles. The Bertz CT molecular complexity index is 964. The average Bonchev–Trinajstić information content (AvgIpc) is 2.94. The van der Waals surface area contributed by atoms with Gasteiger partial charge < -0.3 is 0 Å². The number of aryl methyl sites for hydroxylation is 2. The van der Waals surface area contributed by atoms with Crippen molar-refractivity contribution in [2.24, 2.45) is 0 Å². The number of benzene rings is 1. The third kappa shape index (κ3) is 3.78. The predicted octanol–water partition coefficient (Wildman–Crippen LogP) is 2.92. The molecule has 0 aliphatic carbocycles. The van der Waals surface area contributed by atoms with Gasteiger partial charge in [0.1, 0.15) is 0 Å². The number of hydrogen-bond acceptors (Lipinski definition) is 4. The van der Waals surface area contributed by atoms with Crippen molar-refractivity contribution in [3.8, 4) is 5.69 Å². The molecule has 1 aromatic carbocycles. The average molecular weight is 356 g/mol.